The van der Waals surface area contributed by atoms with Crippen LogP contribution in [-0.4, -0.2) is 108 Å². The molecule has 10 rings (SSSR count). The van der Waals surface area contributed by atoms with Crippen molar-refractivity contribution < 1.29 is 38.9 Å². The average molecular weight is 984 g/mol. The third-order valence-corrected chi connectivity index (χ3v) is 13.7. The maximum atomic E-state index is 12.5. The van der Waals surface area contributed by atoms with Crippen LogP contribution in [0.4, 0.5) is 11.6 Å². The van der Waals surface area contributed by atoms with E-state index in [1.807, 2.05) is 44.2 Å². The van der Waals surface area contributed by atoms with E-state index in [0.29, 0.717) is 70.9 Å². The van der Waals surface area contributed by atoms with Crippen LogP contribution in [0.1, 0.15) is 67.1 Å². The number of ether oxygens (including phenoxy) is 2. The van der Waals surface area contributed by atoms with Crippen molar-refractivity contribution in [1.82, 2.24) is 44.2 Å². The van der Waals surface area contributed by atoms with E-state index >= 15 is 0 Å². The summed E-state index contributed by atoms with van der Waals surface area (Å²) in [5, 5.41) is 43.1. The van der Waals surface area contributed by atoms with Crippen molar-refractivity contribution in [3.05, 3.63) is 106 Å². The molecule has 2 aromatic carbocycles. The number of aliphatic hydroxyl groups excluding tert-OH is 3. The SMILES string of the molecule is CCC(=O)[C@@]12C[C@@H]1[C@@H](n1cnc3c(NCc4cccc(C)c4)nc(Cl)nc31)[C@@H](O)C2O.CCC(=O)[C@H]1O[C@@H](Cn2cnc3c(NCc4cc(Cl)ccc4COc4cc(C)no4)ncnc32)[C@@H](O)C1N. The molecule has 3 fully saturated rings. The van der Waals surface area contributed by atoms with Gasteiger partial charge in [-0.3, -0.25) is 9.59 Å². The number of halogens is 2. The highest BCUT2D eigenvalue weighted by atomic mass is 35.5. The van der Waals surface area contributed by atoms with Crippen LogP contribution < -0.4 is 21.1 Å². The molecule has 2 saturated carbocycles. The fourth-order valence-electron chi connectivity index (χ4n) is 9.62. The highest BCUT2D eigenvalue weighted by Crippen LogP contribution is 2.68. The second-order valence-corrected chi connectivity index (χ2v) is 18.5. The zero-order chi connectivity index (χ0) is 48.7. The number of carbonyl (C=O) groups excluding carboxylic acids is 2. The van der Waals surface area contributed by atoms with Gasteiger partial charge in [0.2, 0.25) is 5.28 Å². The van der Waals surface area contributed by atoms with Gasteiger partial charge in [0, 0.05) is 37.0 Å². The molecule has 1 saturated heterocycles. The summed E-state index contributed by atoms with van der Waals surface area (Å²) >= 11 is 12.5. The predicted molar refractivity (Wildman–Crippen MR) is 253 cm³/mol. The number of hydrogen-bond donors (Lipinski definition) is 6. The third-order valence-electron chi connectivity index (χ3n) is 13.3. The van der Waals surface area contributed by atoms with Gasteiger partial charge >= 0.3 is 5.95 Å². The molecule has 20 nitrogen and oxygen atoms in total. The summed E-state index contributed by atoms with van der Waals surface area (Å²) in [6.45, 7) is 8.81. The minimum atomic E-state index is -1.09. The number of benzene rings is 2. The maximum Gasteiger partial charge on any atom is 0.311 e. The van der Waals surface area contributed by atoms with Crippen molar-refractivity contribution in [3.8, 4) is 5.95 Å². The van der Waals surface area contributed by atoms with Gasteiger partial charge in [0.25, 0.3) is 0 Å². The maximum absolute atomic E-state index is 12.5. The highest BCUT2D eigenvalue weighted by Gasteiger charge is 2.74. The molecule has 5 aromatic heterocycles. The van der Waals surface area contributed by atoms with Crippen LogP contribution in [0.2, 0.25) is 10.3 Å². The molecule has 362 valence electrons. The van der Waals surface area contributed by atoms with Crippen LogP contribution in [0.25, 0.3) is 22.3 Å². The van der Waals surface area contributed by atoms with Gasteiger partial charge in [-0.25, -0.2) is 19.9 Å². The van der Waals surface area contributed by atoms with E-state index in [0.717, 1.165) is 27.9 Å². The highest BCUT2D eigenvalue weighted by molar-refractivity contribution is 6.30. The van der Waals surface area contributed by atoms with Gasteiger partial charge in [0.15, 0.2) is 34.2 Å². The Morgan fingerprint density at radius 1 is 0.899 bits per heavy atom. The number of nitrogens with one attached hydrogen (secondary N) is 2. The molecule has 1 aliphatic heterocycles. The first kappa shape index (κ1) is 47.9. The monoisotopic (exact) mass is 982 g/mol. The van der Waals surface area contributed by atoms with Crippen LogP contribution in [0, 0.1) is 25.2 Å². The Labute approximate surface area is 405 Å². The number of Topliss-reactive ketones (excluding diaryl/α,β-unsaturated/α-hetero) is 2. The minimum absolute atomic E-state index is 0.0101. The topological polar surface area (TPSA) is 277 Å². The van der Waals surface area contributed by atoms with Crippen molar-refractivity contribution in [3.63, 3.8) is 0 Å². The van der Waals surface area contributed by atoms with Crippen LogP contribution in [0.5, 0.6) is 5.95 Å². The third kappa shape index (κ3) is 9.37. The molecule has 7 aromatic rings. The minimum Gasteiger partial charge on any atom is -0.459 e. The van der Waals surface area contributed by atoms with E-state index < -0.39 is 48.0 Å². The van der Waals surface area contributed by atoms with E-state index in [4.69, 9.17) is 42.9 Å². The molecule has 22 heteroatoms. The van der Waals surface area contributed by atoms with Gasteiger partial charge in [0.1, 0.15) is 42.5 Å². The van der Waals surface area contributed by atoms with Gasteiger partial charge in [-0.05, 0) is 66.6 Å². The molecule has 9 atom stereocenters. The molecular weight excluding hydrogens is 931 g/mol. The summed E-state index contributed by atoms with van der Waals surface area (Å²) in [6, 6.07) is 14.1. The first-order valence-electron chi connectivity index (χ1n) is 22.6. The molecule has 7 N–H and O–H groups in total. The van der Waals surface area contributed by atoms with Gasteiger partial charge in [-0.15, -0.1) is 0 Å². The Hall–Kier alpha value is -6.13. The molecule has 2 aliphatic carbocycles. The van der Waals surface area contributed by atoms with Crippen molar-refractivity contribution in [2.24, 2.45) is 17.1 Å². The predicted octanol–water partition coefficient (Wildman–Crippen LogP) is 5.06. The Morgan fingerprint density at radius 2 is 1.68 bits per heavy atom. The summed E-state index contributed by atoms with van der Waals surface area (Å²) < 4.78 is 20.1. The second kappa shape index (κ2) is 19.7. The molecule has 3 aliphatic rings. The number of aryl methyl sites for hydroxylation is 2. The lowest BCUT2D eigenvalue weighted by molar-refractivity contribution is -0.130. The number of anilines is 2. The summed E-state index contributed by atoms with van der Waals surface area (Å²) in [5.41, 5.74) is 12.1. The van der Waals surface area contributed by atoms with Crippen LogP contribution in [-0.2, 0) is 40.6 Å². The number of fused-ring (bicyclic) bond motifs is 3. The fourth-order valence-corrected chi connectivity index (χ4v) is 9.97. The van der Waals surface area contributed by atoms with Crippen LogP contribution in [0.15, 0.2) is 72.0 Å². The molecule has 0 radical (unpaired) electrons. The van der Waals surface area contributed by atoms with Crippen LogP contribution in [0.3, 0.4) is 0 Å². The van der Waals surface area contributed by atoms with Crippen molar-refractivity contribution in [2.75, 3.05) is 10.6 Å². The van der Waals surface area contributed by atoms with E-state index in [-0.39, 0.29) is 42.3 Å². The molecule has 6 heterocycles. The van der Waals surface area contributed by atoms with Gasteiger partial charge in [-0.1, -0.05) is 66.5 Å². The lowest BCUT2D eigenvalue weighted by Crippen LogP contribution is -2.43. The molecular formula is C47H52Cl2N12O8. The summed E-state index contributed by atoms with van der Waals surface area (Å²) in [4.78, 5) is 51.0. The van der Waals surface area contributed by atoms with E-state index in [9.17, 15) is 24.9 Å². The number of ketones is 2. The Balaban J connectivity index is 0.000000175. The van der Waals surface area contributed by atoms with Crippen molar-refractivity contribution in [2.45, 2.75) is 116 Å². The smallest absolute Gasteiger partial charge is 0.311 e. The first-order valence-corrected chi connectivity index (χ1v) is 23.4. The lowest BCUT2D eigenvalue weighted by atomic mass is 9.92. The average Bonchev–Trinajstić information content (AvgIpc) is 3.76. The number of hydrogen-bond acceptors (Lipinski definition) is 18. The Morgan fingerprint density at radius 3 is 2.43 bits per heavy atom. The summed E-state index contributed by atoms with van der Waals surface area (Å²) in [5.74, 6) is 1.06. The Bertz CT molecular complexity index is 3020. The molecule has 0 bridgehead atoms. The number of imidazole rings is 2. The summed E-state index contributed by atoms with van der Waals surface area (Å²) in [6.07, 6.45) is 1.12. The van der Waals surface area contributed by atoms with Gasteiger partial charge in [0.05, 0.1) is 54.6 Å². The zero-order valence-corrected chi connectivity index (χ0v) is 39.7. The Kier molecular flexibility index (Phi) is 13.7. The summed E-state index contributed by atoms with van der Waals surface area (Å²) in [7, 11) is 0. The van der Waals surface area contributed by atoms with Crippen LogP contribution >= 0.6 is 23.2 Å². The number of nitrogens with zero attached hydrogens (tertiary/aromatic N) is 9. The molecule has 0 spiro atoms. The quantitative estimate of drug-likeness (QED) is 0.0690. The number of carbonyl (C=O) groups is 2. The first-order chi connectivity index (χ1) is 33.2. The van der Waals surface area contributed by atoms with Gasteiger partial charge in [-0.2, -0.15) is 9.97 Å². The largest absolute Gasteiger partial charge is 0.459 e. The fraction of sp³-hybridized carbons (Fsp3) is 0.426. The number of nitrogens with two attached hydrogens (primary N) is 1. The number of rotatable bonds is 16. The number of aromatic nitrogens is 9. The van der Waals surface area contributed by atoms with Crippen molar-refractivity contribution >= 4 is 68.7 Å². The standard InChI is InChI=1S/C25H28ClN7O5.C22H24ClN5O3/c1-3-17(34)23-20(27)22(35)18(37-23)9-33-12-31-21-24(29-11-30-25(21)33)28-8-15-7-16(26)5-4-14(15)10-36-19-6-13(2)32-38-19;1-3-14(29)22-8-13(22)16(17(30)18(22)31)28-10-25-15-19(26-21(23)27-20(15)28)24-9-12-6-4-5-11(2)7-12/h4-7,11-12,18,20,22-23,35H,3,8-10,27H2,1-2H3,(H,28,29,30);4-7,10,13,16-18,30-31H,3,8-9H2,1-2H3,(H,24,26,27)/t18-,20?,22+,23+;13-,16-,17-,18?,22-/m01/s1. The zero-order valence-electron chi connectivity index (χ0n) is 38.2. The molecule has 0 amide bonds. The van der Waals surface area contributed by atoms with Crippen molar-refractivity contribution in [1.29, 1.82) is 0 Å². The van der Waals surface area contributed by atoms with E-state index in [1.54, 1.807) is 47.8 Å². The molecule has 2 unspecified atom stereocenters. The molecule has 69 heavy (non-hydrogen) atoms. The van der Waals surface area contributed by atoms with E-state index in [1.165, 1.54) is 6.33 Å². The van der Waals surface area contributed by atoms with Gasteiger partial charge < -0.3 is 54.8 Å². The van der Waals surface area contributed by atoms with E-state index in [2.05, 4.69) is 51.8 Å². The number of aliphatic hydroxyl groups is 3. The second-order valence-electron chi connectivity index (χ2n) is 17.7. The normalized spacial score (nSPS) is 24.8. The lowest BCUT2D eigenvalue weighted by Gasteiger charge is -2.23.